The summed E-state index contributed by atoms with van der Waals surface area (Å²) in [6, 6.07) is 4.99. The van der Waals surface area contributed by atoms with E-state index < -0.39 is 0 Å². The second-order valence-corrected chi connectivity index (χ2v) is 5.14. The zero-order valence-corrected chi connectivity index (χ0v) is 11.1. The maximum Gasteiger partial charge on any atom is 0.129 e. The molecule has 2 nitrogen and oxygen atoms in total. The molecule has 17 heavy (non-hydrogen) atoms. The second kappa shape index (κ2) is 6.01. The van der Waals surface area contributed by atoms with Gasteiger partial charge in [0.25, 0.3) is 0 Å². The molecular formula is C14H22FNO. The van der Waals surface area contributed by atoms with E-state index in [1.165, 1.54) is 6.07 Å². The maximum absolute atomic E-state index is 13.3. The van der Waals surface area contributed by atoms with Crippen LogP contribution in [0.3, 0.4) is 0 Å². The van der Waals surface area contributed by atoms with E-state index in [1.807, 2.05) is 6.07 Å². The molecule has 1 N–H and O–H groups in total. The highest BCUT2D eigenvalue weighted by Crippen LogP contribution is 2.20. The van der Waals surface area contributed by atoms with Crippen LogP contribution >= 0.6 is 0 Å². The normalized spacial score (nSPS) is 11.6. The van der Waals surface area contributed by atoms with Gasteiger partial charge in [0.2, 0.25) is 0 Å². The van der Waals surface area contributed by atoms with Crippen molar-refractivity contribution in [2.24, 2.45) is 5.41 Å². The molecule has 0 aliphatic carbocycles. The van der Waals surface area contributed by atoms with E-state index in [9.17, 15) is 4.39 Å². The van der Waals surface area contributed by atoms with Gasteiger partial charge in [-0.25, -0.2) is 4.39 Å². The predicted molar refractivity (Wildman–Crippen MR) is 69.0 cm³/mol. The molecule has 3 heteroatoms. The van der Waals surface area contributed by atoms with Gasteiger partial charge in [-0.05, 0) is 25.1 Å². The predicted octanol–water partition coefficient (Wildman–Crippen LogP) is 3.15. The van der Waals surface area contributed by atoms with Crippen molar-refractivity contribution >= 4 is 0 Å². The first kappa shape index (κ1) is 14.0. The van der Waals surface area contributed by atoms with Crippen LogP contribution in [0.15, 0.2) is 18.2 Å². The first-order valence-corrected chi connectivity index (χ1v) is 6.04. The molecule has 0 aliphatic rings. The lowest BCUT2D eigenvalue weighted by atomic mass is 9.95. The van der Waals surface area contributed by atoms with Crippen LogP contribution in [0.2, 0.25) is 0 Å². The van der Waals surface area contributed by atoms with Crippen LogP contribution in [0.4, 0.5) is 4.39 Å². The summed E-state index contributed by atoms with van der Waals surface area (Å²) in [4.78, 5) is 0. The average molecular weight is 239 g/mol. The summed E-state index contributed by atoms with van der Waals surface area (Å²) in [5.41, 5.74) is 0.682. The Morgan fingerprint density at radius 2 is 2.06 bits per heavy atom. The number of ether oxygens (including phenoxy) is 1. The molecule has 1 rings (SSSR count). The molecule has 0 unspecified atom stereocenters. The summed E-state index contributed by atoms with van der Waals surface area (Å²) in [6.07, 6.45) is 0. The van der Waals surface area contributed by atoms with Gasteiger partial charge in [-0.3, -0.25) is 0 Å². The van der Waals surface area contributed by atoms with Crippen LogP contribution < -0.4 is 10.1 Å². The standard InChI is InChI=1S/C14H22FNO/c1-5-16-9-14(3,4)10-17-12-7-6-11(2)13(15)8-12/h6-8,16H,5,9-10H2,1-4H3. The molecule has 0 atom stereocenters. The van der Waals surface area contributed by atoms with Crippen LogP contribution in [0.25, 0.3) is 0 Å². The van der Waals surface area contributed by atoms with Gasteiger partial charge in [-0.2, -0.15) is 0 Å². The van der Waals surface area contributed by atoms with E-state index in [0.29, 0.717) is 17.9 Å². The Bertz CT molecular complexity index is 363. The number of rotatable bonds is 6. The number of halogens is 1. The number of hydrogen-bond acceptors (Lipinski definition) is 2. The molecule has 96 valence electrons. The lowest BCUT2D eigenvalue weighted by molar-refractivity contribution is 0.176. The molecule has 0 saturated carbocycles. The van der Waals surface area contributed by atoms with Gasteiger partial charge in [0.1, 0.15) is 11.6 Å². The fraction of sp³-hybridized carbons (Fsp3) is 0.571. The van der Waals surface area contributed by atoms with Crippen molar-refractivity contribution in [2.45, 2.75) is 27.7 Å². The number of benzene rings is 1. The van der Waals surface area contributed by atoms with E-state index in [0.717, 1.165) is 13.1 Å². The Hall–Kier alpha value is -1.09. The van der Waals surface area contributed by atoms with Crippen molar-refractivity contribution in [3.63, 3.8) is 0 Å². The van der Waals surface area contributed by atoms with Gasteiger partial charge < -0.3 is 10.1 Å². The van der Waals surface area contributed by atoms with Crippen LogP contribution in [0.5, 0.6) is 5.75 Å². The van der Waals surface area contributed by atoms with Crippen LogP contribution in [-0.2, 0) is 0 Å². The molecule has 0 bridgehead atoms. The minimum Gasteiger partial charge on any atom is -0.493 e. The smallest absolute Gasteiger partial charge is 0.129 e. The highest BCUT2D eigenvalue weighted by molar-refractivity contribution is 5.28. The van der Waals surface area contributed by atoms with E-state index in [1.54, 1.807) is 13.0 Å². The second-order valence-electron chi connectivity index (χ2n) is 5.14. The SMILES string of the molecule is CCNCC(C)(C)COc1ccc(C)c(F)c1. The Balaban J connectivity index is 2.51. The lowest BCUT2D eigenvalue weighted by Crippen LogP contribution is -2.34. The van der Waals surface area contributed by atoms with Crippen LogP contribution in [-0.4, -0.2) is 19.7 Å². The van der Waals surface area contributed by atoms with Gasteiger partial charge in [-0.15, -0.1) is 0 Å². The molecular weight excluding hydrogens is 217 g/mol. The third-order valence-corrected chi connectivity index (χ3v) is 2.63. The minimum absolute atomic E-state index is 0.0391. The summed E-state index contributed by atoms with van der Waals surface area (Å²) >= 11 is 0. The summed E-state index contributed by atoms with van der Waals surface area (Å²) in [5, 5.41) is 3.29. The molecule has 0 saturated heterocycles. The molecule has 1 aromatic rings. The third kappa shape index (κ3) is 4.73. The Labute approximate surface area is 103 Å². The van der Waals surface area contributed by atoms with Gasteiger partial charge in [0, 0.05) is 18.0 Å². The molecule has 0 aliphatic heterocycles. The van der Waals surface area contributed by atoms with Crippen molar-refractivity contribution in [3.8, 4) is 5.75 Å². The highest BCUT2D eigenvalue weighted by atomic mass is 19.1. The van der Waals surface area contributed by atoms with Crippen molar-refractivity contribution in [3.05, 3.63) is 29.6 Å². The van der Waals surface area contributed by atoms with E-state index in [2.05, 4.69) is 26.1 Å². The van der Waals surface area contributed by atoms with Crippen molar-refractivity contribution in [2.75, 3.05) is 19.7 Å². The zero-order chi connectivity index (χ0) is 12.9. The van der Waals surface area contributed by atoms with Crippen LogP contribution in [0.1, 0.15) is 26.3 Å². The minimum atomic E-state index is -0.216. The fourth-order valence-corrected chi connectivity index (χ4v) is 1.46. The topological polar surface area (TPSA) is 21.3 Å². The Morgan fingerprint density at radius 3 is 2.65 bits per heavy atom. The molecule has 0 spiro atoms. The van der Waals surface area contributed by atoms with E-state index in [-0.39, 0.29) is 11.2 Å². The van der Waals surface area contributed by atoms with Crippen LogP contribution in [0, 0.1) is 18.2 Å². The molecule has 0 aromatic heterocycles. The maximum atomic E-state index is 13.3. The summed E-state index contributed by atoms with van der Waals surface area (Å²) < 4.78 is 18.9. The molecule has 0 heterocycles. The van der Waals surface area contributed by atoms with Crippen molar-refractivity contribution < 1.29 is 9.13 Å². The molecule has 0 amide bonds. The third-order valence-electron chi connectivity index (χ3n) is 2.63. The summed E-state index contributed by atoms with van der Waals surface area (Å²) in [6.45, 7) is 10.5. The van der Waals surface area contributed by atoms with Gasteiger partial charge in [0.05, 0.1) is 6.61 Å². The number of aryl methyl sites for hydroxylation is 1. The molecule has 0 radical (unpaired) electrons. The monoisotopic (exact) mass is 239 g/mol. The zero-order valence-electron chi connectivity index (χ0n) is 11.1. The first-order chi connectivity index (χ1) is 7.94. The average Bonchev–Trinajstić information content (AvgIpc) is 2.28. The van der Waals surface area contributed by atoms with Gasteiger partial charge >= 0.3 is 0 Å². The Morgan fingerprint density at radius 1 is 1.35 bits per heavy atom. The Kier molecular flexibility index (Phi) is 4.94. The van der Waals surface area contributed by atoms with Crippen molar-refractivity contribution in [1.82, 2.24) is 5.32 Å². The first-order valence-electron chi connectivity index (χ1n) is 6.04. The number of nitrogens with one attached hydrogen (secondary N) is 1. The molecule has 1 aromatic carbocycles. The number of hydrogen-bond donors (Lipinski definition) is 1. The quantitative estimate of drug-likeness (QED) is 0.823. The van der Waals surface area contributed by atoms with E-state index in [4.69, 9.17) is 4.74 Å². The summed E-state index contributed by atoms with van der Waals surface area (Å²) in [7, 11) is 0. The fourth-order valence-electron chi connectivity index (χ4n) is 1.46. The van der Waals surface area contributed by atoms with Gasteiger partial charge in [0.15, 0.2) is 0 Å². The van der Waals surface area contributed by atoms with Crippen molar-refractivity contribution in [1.29, 1.82) is 0 Å². The van der Waals surface area contributed by atoms with E-state index >= 15 is 0 Å². The van der Waals surface area contributed by atoms with Gasteiger partial charge in [-0.1, -0.05) is 26.8 Å². The highest BCUT2D eigenvalue weighted by Gasteiger charge is 2.18. The largest absolute Gasteiger partial charge is 0.493 e. The summed E-state index contributed by atoms with van der Waals surface area (Å²) in [5.74, 6) is 0.379. The molecule has 0 fully saturated rings. The lowest BCUT2D eigenvalue weighted by Gasteiger charge is -2.25.